The van der Waals surface area contributed by atoms with E-state index in [4.69, 9.17) is 21.3 Å². The molecular formula is C28H32ClF2N5O3. The third kappa shape index (κ3) is 4.43. The van der Waals surface area contributed by atoms with E-state index >= 15 is 4.39 Å². The quantitative estimate of drug-likeness (QED) is 0.533. The largest absolute Gasteiger partial charge is 0.489 e. The molecule has 5 rings (SSSR count). The third-order valence-electron chi connectivity index (χ3n) is 8.07. The average molecular weight is 560 g/mol. The molecule has 0 radical (unpaired) electrons. The number of piperazine rings is 1. The number of likely N-dealkylation sites (N-methyl/N-ethyl adjacent to an activating group) is 1. The predicted molar refractivity (Wildman–Crippen MR) is 146 cm³/mol. The minimum atomic E-state index is -1.26. The lowest BCUT2D eigenvalue weighted by Crippen LogP contribution is -2.57. The Hall–Kier alpha value is -3.24. The first-order valence-electron chi connectivity index (χ1n) is 12.9. The Morgan fingerprint density at radius 2 is 1.97 bits per heavy atom. The first kappa shape index (κ1) is 27.3. The van der Waals surface area contributed by atoms with E-state index in [1.807, 2.05) is 4.90 Å². The Balaban J connectivity index is 1.69. The first-order chi connectivity index (χ1) is 18.5. The third-order valence-corrected chi connectivity index (χ3v) is 8.42. The average Bonchev–Trinajstić information content (AvgIpc) is 3.05. The summed E-state index contributed by atoms with van der Waals surface area (Å²) in [5, 5.41) is 0.00373. The molecule has 0 N–H and O–H groups in total. The summed E-state index contributed by atoms with van der Waals surface area (Å²) in [5.74, 6) is -0.861. The summed E-state index contributed by atoms with van der Waals surface area (Å²) < 4.78 is 37.0. The molecule has 11 heteroatoms. The topological polar surface area (TPSA) is 69.2 Å². The number of carbonyl (C=O) groups excluding carboxylic acids is 2. The van der Waals surface area contributed by atoms with Crippen LogP contribution in [0.15, 0.2) is 36.9 Å². The highest BCUT2D eigenvalue weighted by Crippen LogP contribution is 2.47. The van der Waals surface area contributed by atoms with Crippen LogP contribution in [0, 0.1) is 5.82 Å². The standard InChI is InChI=1S/C28H32ClF2N5O3/c1-6-20(37)34-11-12-35-16(13-34)15-39-24-21(27(35)38)26(36-14-19(33(4)5)25(31)28(36,2)3)32-23(22(24)29)17-9-7-8-10-18(17)30/h6-10,16,19,25H,1,11-15H2,2-5H3/t16-,19+,25?/m1/s1. The fourth-order valence-corrected chi connectivity index (χ4v) is 6.01. The first-order valence-corrected chi connectivity index (χ1v) is 13.3. The van der Waals surface area contributed by atoms with E-state index < -0.39 is 29.6 Å². The number of aromatic nitrogens is 1. The van der Waals surface area contributed by atoms with Crippen molar-refractivity contribution in [2.75, 3.05) is 51.8 Å². The number of amides is 2. The van der Waals surface area contributed by atoms with Crippen LogP contribution >= 0.6 is 11.6 Å². The summed E-state index contributed by atoms with van der Waals surface area (Å²) in [7, 11) is 3.61. The second-order valence-electron chi connectivity index (χ2n) is 10.9. The highest BCUT2D eigenvalue weighted by molar-refractivity contribution is 6.35. The number of anilines is 1. The Labute approximate surface area is 231 Å². The minimum absolute atomic E-state index is 0.00373. The second kappa shape index (κ2) is 10.1. The van der Waals surface area contributed by atoms with E-state index in [1.165, 1.54) is 12.1 Å². The number of hydrogen-bond donors (Lipinski definition) is 0. The number of ether oxygens (including phenoxy) is 1. The monoisotopic (exact) mass is 559 g/mol. The lowest BCUT2D eigenvalue weighted by atomic mass is 9.96. The van der Waals surface area contributed by atoms with Crippen molar-refractivity contribution in [1.82, 2.24) is 19.7 Å². The zero-order valence-corrected chi connectivity index (χ0v) is 23.2. The zero-order valence-electron chi connectivity index (χ0n) is 22.5. The van der Waals surface area contributed by atoms with Crippen LogP contribution in [0.4, 0.5) is 14.6 Å². The Morgan fingerprint density at radius 3 is 2.62 bits per heavy atom. The van der Waals surface area contributed by atoms with E-state index in [0.29, 0.717) is 6.54 Å². The molecule has 3 atom stereocenters. The summed E-state index contributed by atoms with van der Waals surface area (Å²) in [6.07, 6.45) is -0.0200. The maximum Gasteiger partial charge on any atom is 0.261 e. The molecule has 39 heavy (non-hydrogen) atoms. The van der Waals surface area contributed by atoms with Gasteiger partial charge in [-0.2, -0.15) is 0 Å². The molecule has 8 nitrogen and oxygen atoms in total. The number of halogens is 3. The van der Waals surface area contributed by atoms with Gasteiger partial charge < -0.3 is 24.3 Å². The van der Waals surface area contributed by atoms with Crippen molar-refractivity contribution in [3.05, 3.63) is 53.3 Å². The number of pyridine rings is 1. The molecule has 0 bridgehead atoms. The second-order valence-corrected chi connectivity index (χ2v) is 11.3. The van der Waals surface area contributed by atoms with Gasteiger partial charge in [-0.1, -0.05) is 30.3 Å². The summed E-state index contributed by atoms with van der Waals surface area (Å²) >= 11 is 6.82. The summed E-state index contributed by atoms with van der Waals surface area (Å²) in [4.78, 5) is 38.1. The van der Waals surface area contributed by atoms with Crippen LogP contribution in [-0.4, -0.2) is 102 Å². The van der Waals surface area contributed by atoms with Gasteiger partial charge >= 0.3 is 0 Å². The number of nitrogens with zero attached hydrogens (tertiary/aromatic N) is 5. The van der Waals surface area contributed by atoms with Gasteiger partial charge in [-0.25, -0.2) is 13.8 Å². The van der Waals surface area contributed by atoms with Crippen molar-refractivity contribution in [1.29, 1.82) is 0 Å². The van der Waals surface area contributed by atoms with Crippen molar-refractivity contribution in [3.63, 3.8) is 0 Å². The molecule has 0 saturated carbocycles. The van der Waals surface area contributed by atoms with Crippen molar-refractivity contribution >= 4 is 29.2 Å². The maximum atomic E-state index is 15.8. The normalized spacial score (nSPS) is 24.3. The van der Waals surface area contributed by atoms with E-state index in [1.54, 1.807) is 60.8 Å². The molecule has 4 heterocycles. The molecule has 1 unspecified atom stereocenters. The molecule has 2 fully saturated rings. The lowest BCUT2D eigenvalue weighted by molar-refractivity contribution is -0.128. The zero-order chi connectivity index (χ0) is 28.2. The van der Waals surface area contributed by atoms with Crippen LogP contribution in [0.3, 0.4) is 0 Å². The van der Waals surface area contributed by atoms with Gasteiger partial charge in [0, 0.05) is 31.7 Å². The number of rotatable bonds is 4. The molecule has 0 spiro atoms. The summed E-state index contributed by atoms with van der Waals surface area (Å²) in [6.45, 7) is 8.25. The molecule has 2 saturated heterocycles. The van der Waals surface area contributed by atoms with Crippen molar-refractivity contribution < 1.29 is 23.1 Å². The van der Waals surface area contributed by atoms with Gasteiger partial charge in [-0.3, -0.25) is 9.59 Å². The van der Waals surface area contributed by atoms with E-state index in [9.17, 15) is 14.0 Å². The van der Waals surface area contributed by atoms with E-state index in [0.717, 1.165) is 0 Å². The van der Waals surface area contributed by atoms with Crippen LogP contribution in [0.5, 0.6) is 5.75 Å². The Morgan fingerprint density at radius 1 is 1.26 bits per heavy atom. The molecule has 3 aliphatic rings. The fourth-order valence-electron chi connectivity index (χ4n) is 5.72. The molecule has 0 aliphatic carbocycles. The lowest BCUT2D eigenvalue weighted by Gasteiger charge is -2.40. The molecule has 2 aromatic rings. The van der Waals surface area contributed by atoms with Crippen LogP contribution in [0.1, 0.15) is 24.2 Å². The molecular weight excluding hydrogens is 528 g/mol. The molecule has 1 aromatic heterocycles. The van der Waals surface area contributed by atoms with Crippen LogP contribution in [-0.2, 0) is 4.79 Å². The Kier molecular flexibility index (Phi) is 7.05. The molecule has 3 aliphatic heterocycles. The van der Waals surface area contributed by atoms with Gasteiger partial charge in [0.15, 0.2) is 5.75 Å². The number of fused-ring (bicyclic) bond motifs is 2. The highest BCUT2D eigenvalue weighted by Gasteiger charge is 2.52. The van der Waals surface area contributed by atoms with Crippen LogP contribution in [0.25, 0.3) is 11.3 Å². The molecule has 208 valence electrons. The SMILES string of the molecule is C=CC(=O)N1CCN2C(=O)c3c(N4C[C@H](N(C)C)C(F)C4(C)C)nc(-c4ccccc4F)c(Cl)c3OC[C@H]2C1. The molecule has 1 aromatic carbocycles. The van der Waals surface area contributed by atoms with Gasteiger partial charge in [0.2, 0.25) is 5.91 Å². The van der Waals surface area contributed by atoms with Crippen LogP contribution in [0.2, 0.25) is 5.02 Å². The van der Waals surface area contributed by atoms with Gasteiger partial charge in [-0.15, -0.1) is 0 Å². The van der Waals surface area contributed by atoms with E-state index in [2.05, 4.69) is 6.58 Å². The van der Waals surface area contributed by atoms with Crippen molar-refractivity contribution in [3.8, 4) is 17.0 Å². The summed E-state index contributed by atoms with van der Waals surface area (Å²) in [6, 6.07) is 5.17. The number of carbonyl (C=O) groups is 2. The highest BCUT2D eigenvalue weighted by atomic mass is 35.5. The summed E-state index contributed by atoms with van der Waals surface area (Å²) in [5.41, 5.74) is -0.674. The predicted octanol–water partition coefficient (Wildman–Crippen LogP) is 3.64. The van der Waals surface area contributed by atoms with Gasteiger partial charge in [0.25, 0.3) is 5.91 Å². The number of alkyl halides is 1. The number of hydrogen-bond acceptors (Lipinski definition) is 6. The number of benzene rings is 1. The fraction of sp³-hybridized carbons (Fsp3) is 0.464. The van der Waals surface area contributed by atoms with Crippen molar-refractivity contribution in [2.24, 2.45) is 0 Å². The van der Waals surface area contributed by atoms with E-state index in [-0.39, 0.29) is 71.5 Å². The van der Waals surface area contributed by atoms with Gasteiger partial charge in [-0.05, 0) is 46.2 Å². The van der Waals surface area contributed by atoms with Gasteiger partial charge in [0.1, 0.15) is 35.0 Å². The smallest absolute Gasteiger partial charge is 0.261 e. The van der Waals surface area contributed by atoms with Crippen molar-refractivity contribution in [2.45, 2.75) is 37.6 Å². The van der Waals surface area contributed by atoms with Crippen LogP contribution < -0.4 is 9.64 Å². The molecule has 2 amide bonds. The van der Waals surface area contributed by atoms with Gasteiger partial charge in [0.05, 0.1) is 23.3 Å². The maximum absolute atomic E-state index is 15.8. The minimum Gasteiger partial charge on any atom is -0.489 e. The Bertz CT molecular complexity index is 1340.